The number of benzene rings is 2. The molecule has 1 amide bonds. The Balaban J connectivity index is 1.56. The number of carbonyl (C=O) groups is 1. The Morgan fingerprint density at radius 3 is 2.61 bits per heavy atom. The molecular formula is C24H23N3O4. The number of rotatable bonds is 3. The van der Waals surface area contributed by atoms with Gasteiger partial charge in [0.2, 0.25) is 0 Å². The van der Waals surface area contributed by atoms with Crippen molar-refractivity contribution in [2.75, 3.05) is 13.2 Å². The predicted molar refractivity (Wildman–Crippen MR) is 119 cm³/mol. The second kappa shape index (κ2) is 7.19. The Morgan fingerprint density at radius 1 is 1.06 bits per heavy atom. The van der Waals surface area contributed by atoms with Gasteiger partial charge in [-0.25, -0.2) is 0 Å². The molecule has 1 unspecified atom stereocenters. The van der Waals surface area contributed by atoms with Gasteiger partial charge in [-0.2, -0.15) is 0 Å². The highest BCUT2D eigenvalue weighted by molar-refractivity contribution is 6.17. The van der Waals surface area contributed by atoms with E-state index in [1.165, 1.54) is 4.57 Å². The van der Waals surface area contributed by atoms with E-state index in [9.17, 15) is 9.59 Å². The molecule has 2 aromatic heterocycles. The maximum atomic E-state index is 13.4. The lowest BCUT2D eigenvalue weighted by Crippen LogP contribution is -2.29. The minimum absolute atomic E-state index is 0.134. The molecule has 7 nitrogen and oxygen atoms in total. The van der Waals surface area contributed by atoms with Crippen LogP contribution in [0.1, 0.15) is 28.9 Å². The van der Waals surface area contributed by atoms with Crippen LogP contribution >= 0.6 is 0 Å². The largest absolute Gasteiger partial charge is 0.486 e. The van der Waals surface area contributed by atoms with Gasteiger partial charge in [0.1, 0.15) is 18.7 Å². The Morgan fingerprint density at radius 2 is 1.81 bits per heavy atom. The number of carbonyl (C=O) groups excluding carboxylic acids is 1. The monoisotopic (exact) mass is 417 g/mol. The van der Waals surface area contributed by atoms with E-state index in [0.29, 0.717) is 41.2 Å². The number of nitrogens with zero attached hydrogens (tertiary/aromatic N) is 2. The van der Waals surface area contributed by atoms with Gasteiger partial charge in [0.15, 0.2) is 11.5 Å². The first kappa shape index (κ1) is 19.2. The highest BCUT2D eigenvalue weighted by Gasteiger charge is 2.22. The molecule has 1 atom stereocenters. The van der Waals surface area contributed by atoms with Crippen molar-refractivity contribution in [2.24, 2.45) is 14.1 Å². The molecule has 7 heteroatoms. The molecule has 0 aliphatic carbocycles. The highest BCUT2D eigenvalue weighted by Crippen LogP contribution is 2.33. The lowest BCUT2D eigenvalue weighted by molar-refractivity contribution is 0.0940. The van der Waals surface area contributed by atoms with Crippen molar-refractivity contribution in [1.29, 1.82) is 0 Å². The summed E-state index contributed by atoms with van der Waals surface area (Å²) < 4.78 is 14.6. The SMILES string of the molecule is CC(NC(=O)c1cn(C)c(=O)c2c1c1ccccc1n2C)c1ccc2c(c1)OCCO2. The van der Waals surface area contributed by atoms with E-state index in [2.05, 4.69) is 5.32 Å². The van der Waals surface area contributed by atoms with Crippen molar-refractivity contribution >= 4 is 27.7 Å². The lowest BCUT2D eigenvalue weighted by Gasteiger charge is -2.21. The third kappa shape index (κ3) is 3.04. The lowest BCUT2D eigenvalue weighted by atomic mass is 10.0. The third-order valence-corrected chi connectivity index (χ3v) is 5.88. The van der Waals surface area contributed by atoms with Crippen molar-refractivity contribution in [3.63, 3.8) is 0 Å². The molecule has 5 rings (SSSR count). The molecule has 0 fully saturated rings. The quantitative estimate of drug-likeness (QED) is 0.555. The van der Waals surface area contributed by atoms with Crippen LogP contribution in [-0.4, -0.2) is 28.3 Å². The summed E-state index contributed by atoms with van der Waals surface area (Å²) in [6.07, 6.45) is 1.61. The van der Waals surface area contributed by atoms with Crippen molar-refractivity contribution in [3.8, 4) is 11.5 Å². The van der Waals surface area contributed by atoms with E-state index < -0.39 is 0 Å². The molecule has 3 heterocycles. The summed E-state index contributed by atoms with van der Waals surface area (Å²) in [5.41, 5.74) is 2.68. The van der Waals surface area contributed by atoms with Crippen LogP contribution in [0.3, 0.4) is 0 Å². The number of amides is 1. The number of hydrogen-bond donors (Lipinski definition) is 1. The van der Waals surface area contributed by atoms with E-state index in [1.54, 1.807) is 13.2 Å². The molecule has 0 bridgehead atoms. The summed E-state index contributed by atoms with van der Waals surface area (Å²) >= 11 is 0. The van der Waals surface area contributed by atoms with Crippen molar-refractivity contribution in [1.82, 2.24) is 14.5 Å². The Labute approximate surface area is 178 Å². The molecule has 0 saturated carbocycles. The van der Waals surface area contributed by atoms with Crippen LogP contribution in [0.5, 0.6) is 11.5 Å². The number of aromatic nitrogens is 2. The average Bonchev–Trinajstić information content (AvgIpc) is 3.08. The van der Waals surface area contributed by atoms with Gasteiger partial charge in [0, 0.05) is 36.6 Å². The van der Waals surface area contributed by atoms with E-state index >= 15 is 0 Å². The van der Waals surface area contributed by atoms with Crippen LogP contribution in [0.2, 0.25) is 0 Å². The van der Waals surface area contributed by atoms with Gasteiger partial charge < -0.3 is 23.9 Å². The highest BCUT2D eigenvalue weighted by atomic mass is 16.6. The predicted octanol–water partition coefficient (Wildman–Crippen LogP) is 3.29. The van der Waals surface area contributed by atoms with Crippen LogP contribution in [0.4, 0.5) is 0 Å². The summed E-state index contributed by atoms with van der Waals surface area (Å²) in [5, 5.41) is 4.63. The van der Waals surface area contributed by atoms with Gasteiger partial charge in [-0.3, -0.25) is 9.59 Å². The molecule has 0 saturated heterocycles. The maximum absolute atomic E-state index is 13.4. The van der Waals surface area contributed by atoms with Crippen LogP contribution in [0.25, 0.3) is 21.8 Å². The second-order valence-corrected chi connectivity index (χ2v) is 7.86. The number of pyridine rings is 1. The van der Waals surface area contributed by atoms with Gasteiger partial charge in [0.25, 0.3) is 11.5 Å². The fourth-order valence-corrected chi connectivity index (χ4v) is 4.26. The Kier molecular flexibility index (Phi) is 4.46. The van der Waals surface area contributed by atoms with Gasteiger partial charge >= 0.3 is 0 Å². The third-order valence-electron chi connectivity index (χ3n) is 5.88. The number of nitrogens with one attached hydrogen (secondary N) is 1. The van der Waals surface area contributed by atoms with Crippen LogP contribution in [-0.2, 0) is 14.1 Å². The van der Waals surface area contributed by atoms with Crippen molar-refractivity contribution in [2.45, 2.75) is 13.0 Å². The van der Waals surface area contributed by atoms with Crippen LogP contribution in [0, 0.1) is 0 Å². The molecule has 31 heavy (non-hydrogen) atoms. The zero-order valence-corrected chi connectivity index (χ0v) is 17.6. The molecule has 1 aliphatic heterocycles. The smallest absolute Gasteiger partial charge is 0.274 e. The van der Waals surface area contributed by atoms with Crippen LogP contribution < -0.4 is 20.3 Å². The van der Waals surface area contributed by atoms with Crippen LogP contribution in [0.15, 0.2) is 53.5 Å². The molecule has 158 valence electrons. The number of hydrogen-bond acceptors (Lipinski definition) is 4. The Bertz CT molecular complexity index is 1400. The van der Waals surface area contributed by atoms with E-state index in [-0.39, 0.29) is 17.5 Å². The van der Waals surface area contributed by atoms with Gasteiger partial charge in [0.05, 0.1) is 11.6 Å². The molecule has 2 aromatic carbocycles. The van der Waals surface area contributed by atoms with Gasteiger partial charge in [-0.15, -0.1) is 0 Å². The minimum atomic E-state index is -0.259. The number of para-hydroxylation sites is 1. The summed E-state index contributed by atoms with van der Waals surface area (Å²) in [6, 6.07) is 13.2. The zero-order valence-electron chi connectivity index (χ0n) is 17.6. The van der Waals surface area contributed by atoms with Crippen molar-refractivity contribution in [3.05, 3.63) is 70.1 Å². The van der Waals surface area contributed by atoms with E-state index in [1.807, 2.05) is 61.0 Å². The summed E-state index contributed by atoms with van der Waals surface area (Å²) in [4.78, 5) is 26.2. The fourth-order valence-electron chi connectivity index (χ4n) is 4.26. The summed E-state index contributed by atoms with van der Waals surface area (Å²) in [6.45, 7) is 2.96. The first-order valence-electron chi connectivity index (χ1n) is 10.2. The molecule has 1 N–H and O–H groups in total. The van der Waals surface area contributed by atoms with Gasteiger partial charge in [-0.1, -0.05) is 24.3 Å². The first-order chi connectivity index (χ1) is 15.0. The molecule has 0 radical (unpaired) electrons. The summed E-state index contributed by atoms with van der Waals surface area (Å²) in [7, 11) is 3.52. The topological polar surface area (TPSA) is 74.5 Å². The zero-order chi connectivity index (χ0) is 21.7. The second-order valence-electron chi connectivity index (χ2n) is 7.86. The van der Waals surface area contributed by atoms with E-state index in [4.69, 9.17) is 9.47 Å². The standard InChI is InChI=1S/C24H23N3O4/c1-14(15-8-9-19-20(12-15)31-11-10-30-19)25-23(28)17-13-26(2)24(29)22-21(17)16-6-4-5-7-18(16)27(22)3/h4-9,12-14H,10-11H2,1-3H3,(H,25,28). The molecular weight excluding hydrogens is 394 g/mol. The number of fused-ring (bicyclic) bond motifs is 4. The normalized spacial score (nSPS) is 14.0. The van der Waals surface area contributed by atoms with Crippen molar-refractivity contribution < 1.29 is 14.3 Å². The number of ether oxygens (including phenoxy) is 2. The molecule has 0 spiro atoms. The Hall–Kier alpha value is -3.74. The number of aryl methyl sites for hydroxylation is 2. The molecule has 1 aliphatic rings. The fraction of sp³-hybridized carbons (Fsp3) is 0.250. The molecule has 4 aromatic rings. The van der Waals surface area contributed by atoms with Gasteiger partial charge in [-0.05, 0) is 30.7 Å². The average molecular weight is 417 g/mol. The summed E-state index contributed by atoms with van der Waals surface area (Å²) in [5.74, 6) is 1.16. The van der Waals surface area contributed by atoms with E-state index in [0.717, 1.165) is 16.5 Å². The minimum Gasteiger partial charge on any atom is -0.486 e. The first-order valence-corrected chi connectivity index (χ1v) is 10.2. The maximum Gasteiger partial charge on any atom is 0.274 e.